The first-order valence-electron chi connectivity index (χ1n) is 3.10. The zero-order valence-electron chi connectivity index (χ0n) is 4.83. The molecule has 0 aromatic heterocycles. The van der Waals surface area contributed by atoms with Crippen molar-refractivity contribution in [2.45, 2.75) is 23.1 Å². The van der Waals surface area contributed by atoms with Crippen molar-refractivity contribution < 1.29 is 0 Å². The van der Waals surface area contributed by atoms with Gasteiger partial charge in [-0.1, -0.05) is 34.8 Å². The van der Waals surface area contributed by atoms with E-state index in [0.29, 0.717) is 0 Å². The quantitative estimate of drug-likeness (QED) is 0.509. The third-order valence-corrected chi connectivity index (χ3v) is 3.84. The average Bonchev–Trinajstić information content (AvgIpc) is 1.08. The van der Waals surface area contributed by atoms with Gasteiger partial charge in [0, 0.05) is 5.41 Å². The summed E-state index contributed by atoms with van der Waals surface area (Å²) in [7, 11) is 0. The van der Waals surface area contributed by atoms with Gasteiger partial charge in [-0.15, -0.1) is 0 Å². The molecule has 0 heterocycles. The Kier molecular flexibility index (Phi) is 1.13. The fourth-order valence-electron chi connectivity index (χ4n) is 1.83. The van der Waals surface area contributed by atoms with Crippen LogP contribution in [0.1, 0.15) is 19.3 Å². The Morgan fingerprint density at radius 2 is 1.56 bits per heavy atom. The van der Waals surface area contributed by atoms with Gasteiger partial charge in [0.2, 0.25) is 0 Å². The Morgan fingerprint density at radius 3 is 1.56 bits per heavy atom. The molecular weight excluding hydrogens is 178 g/mol. The summed E-state index contributed by atoms with van der Waals surface area (Å²) in [6, 6.07) is 0. The van der Waals surface area contributed by atoms with Crippen molar-refractivity contribution in [3.63, 3.8) is 0 Å². The van der Waals surface area contributed by atoms with Crippen LogP contribution in [0.5, 0.6) is 0 Å². The molecular formula is C6H7Cl3. The van der Waals surface area contributed by atoms with Crippen LogP contribution >= 0.6 is 34.8 Å². The average molecular weight is 185 g/mol. The van der Waals surface area contributed by atoms with E-state index in [2.05, 4.69) is 0 Å². The Balaban J connectivity index is 2.13. The van der Waals surface area contributed by atoms with Crippen LogP contribution in [0.4, 0.5) is 0 Å². The molecule has 0 atom stereocenters. The maximum Gasteiger partial charge on any atom is 0.196 e. The van der Waals surface area contributed by atoms with Gasteiger partial charge in [-0.3, -0.25) is 0 Å². The van der Waals surface area contributed by atoms with Gasteiger partial charge in [0.25, 0.3) is 0 Å². The minimum absolute atomic E-state index is 0.0995. The number of hydrogen-bond acceptors (Lipinski definition) is 0. The summed E-state index contributed by atoms with van der Waals surface area (Å²) in [5.74, 6) is 0.889. The molecule has 3 aliphatic carbocycles. The highest BCUT2D eigenvalue weighted by atomic mass is 35.6. The maximum atomic E-state index is 5.74. The third kappa shape index (κ3) is 0.677. The molecule has 0 amide bonds. The first-order valence-corrected chi connectivity index (χ1v) is 4.24. The van der Waals surface area contributed by atoms with Crippen molar-refractivity contribution in [2.24, 2.45) is 11.3 Å². The zero-order valence-corrected chi connectivity index (χ0v) is 7.10. The van der Waals surface area contributed by atoms with Crippen LogP contribution in [-0.2, 0) is 0 Å². The highest BCUT2D eigenvalue weighted by Gasteiger charge is 2.66. The Morgan fingerprint density at radius 1 is 1.11 bits per heavy atom. The monoisotopic (exact) mass is 184 g/mol. The van der Waals surface area contributed by atoms with E-state index >= 15 is 0 Å². The molecule has 3 saturated carbocycles. The fourth-order valence-corrected chi connectivity index (χ4v) is 2.52. The van der Waals surface area contributed by atoms with Crippen molar-refractivity contribution in [1.82, 2.24) is 0 Å². The van der Waals surface area contributed by atoms with E-state index in [1.165, 1.54) is 0 Å². The summed E-state index contributed by atoms with van der Waals surface area (Å²) in [6.45, 7) is 0. The summed E-state index contributed by atoms with van der Waals surface area (Å²) in [5.41, 5.74) is 0.0995. The minimum Gasteiger partial charge on any atom is -0.0831 e. The Labute approximate surface area is 69.5 Å². The normalized spacial score (nSPS) is 47.7. The van der Waals surface area contributed by atoms with Gasteiger partial charge in [0.05, 0.1) is 0 Å². The molecule has 2 bridgehead atoms. The lowest BCUT2D eigenvalue weighted by molar-refractivity contribution is -0.102. The lowest BCUT2D eigenvalue weighted by atomic mass is 9.45. The second-order valence-electron chi connectivity index (χ2n) is 3.26. The molecule has 3 rings (SSSR count). The van der Waals surface area contributed by atoms with Crippen molar-refractivity contribution in [3.8, 4) is 0 Å². The van der Waals surface area contributed by atoms with Crippen molar-refractivity contribution in [1.29, 1.82) is 0 Å². The lowest BCUT2D eigenvalue weighted by Crippen LogP contribution is -2.59. The molecule has 0 saturated heterocycles. The van der Waals surface area contributed by atoms with Crippen LogP contribution in [0.2, 0.25) is 0 Å². The van der Waals surface area contributed by atoms with Crippen LogP contribution in [0, 0.1) is 11.3 Å². The summed E-state index contributed by atoms with van der Waals surface area (Å²) >= 11 is 17.2. The predicted molar refractivity (Wildman–Crippen MR) is 40.1 cm³/mol. The van der Waals surface area contributed by atoms with E-state index in [4.69, 9.17) is 34.8 Å². The molecule has 3 fully saturated rings. The fraction of sp³-hybridized carbons (Fsp3) is 1.00. The molecule has 0 aromatic rings. The molecule has 9 heavy (non-hydrogen) atoms. The summed E-state index contributed by atoms with van der Waals surface area (Å²) < 4.78 is -0.984. The Hall–Kier alpha value is 0.870. The smallest absolute Gasteiger partial charge is 0.0831 e. The lowest BCUT2D eigenvalue weighted by Gasteiger charge is -2.64. The molecule has 0 aromatic carbocycles. The largest absolute Gasteiger partial charge is 0.196 e. The molecule has 0 aliphatic heterocycles. The van der Waals surface area contributed by atoms with Crippen LogP contribution < -0.4 is 0 Å². The second kappa shape index (κ2) is 1.54. The Bertz CT molecular complexity index is 130. The maximum absolute atomic E-state index is 5.74. The van der Waals surface area contributed by atoms with E-state index in [-0.39, 0.29) is 5.41 Å². The molecule has 0 spiro atoms. The van der Waals surface area contributed by atoms with E-state index in [1.807, 2.05) is 0 Å². The number of rotatable bonds is 0. The first-order chi connectivity index (χ1) is 4.04. The molecule has 0 N–H and O–H groups in total. The second-order valence-corrected chi connectivity index (χ2v) is 5.54. The number of hydrogen-bond donors (Lipinski definition) is 0. The zero-order chi connectivity index (χ0) is 6.70. The summed E-state index contributed by atoms with van der Waals surface area (Å²) in [5, 5.41) is 0. The van der Waals surface area contributed by atoms with Gasteiger partial charge in [0.1, 0.15) is 0 Å². The van der Waals surface area contributed by atoms with Gasteiger partial charge in [0.15, 0.2) is 3.79 Å². The molecule has 52 valence electrons. The van der Waals surface area contributed by atoms with Gasteiger partial charge >= 0.3 is 0 Å². The molecule has 0 unspecified atom stereocenters. The first kappa shape index (κ1) is 6.57. The summed E-state index contributed by atoms with van der Waals surface area (Å²) in [4.78, 5) is 0. The van der Waals surface area contributed by atoms with Gasteiger partial charge < -0.3 is 0 Å². The molecule has 3 heteroatoms. The van der Waals surface area contributed by atoms with Crippen molar-refractivity contribution in [2.75, 3.05) is 0 Å². The number of halogens is 3. The van der Waals surface area contributed by atoms with E-state index in [0.717, 1.165) is 25.2 Å². The molecule has 0 radical (unpaired) electrons. The van der Waals surface area contributed by atoms with Gasteiger partial charge in [-0.25, -0.2) is 0 Å². The third-order valence-electron chi connectivity index (χ3n) is 2.64. The highest BCUT2D eigenvalue weighted by Crippen LogP contribution is 2.73. The number of alkyl halides is 3. The summed E-state index contributed by atoms with van der Waals surface area (Å²) in [6.07, 6.45) is 3.43. The van der Waals surface area contributed by atoms with Crippen molar-refractivity contribution >= 4 is 34.8 Å². The van der Waals surface area contributed by atoms with E-state index in [9.17, 15) is 0 Å². The van der Waals surface area contributed by atoms with E-state index < -0.39 is 3.79 Å². The van der Waals surface area contributed by atoms with Crippen LogP contribution in [0.15, 0.2) is 0 Å². The van der Waals surface area contributed by atoms with E-state index in [1.54, 1.807) is 0 Å². The predicted octanol–water partition coefficient (Wildman–Crippen LogP) is 3.16. The van der Waals surface area contributed by atoms with Gasteiger partial charge in [-0.2, -0.15) is 0 Å². The minimum atomic E-state index is -0.984. The van der Waals surface area contributed by atoms with Crippen molar-refractivity contribution in [3.05, 3.63) is 0 Å². The van der Waals surface area contributed by atoms with Gasteiger partial charge in [-0.05, 0) is 25.2 Å². The highest BCUT2D eigenvalue weighted by molar-refractivity contribution is 6.68. The standard InChI is InChI=1S/C6H7Cl3/c7-6(8,9)5-1-4(2-5)3-5/h4H,1-3H2. The van der Waals surface area contributed by atoms with Crippen LogP contribution in [0.3, 0.4) is 0 Å². The van der Waals surface area contributed by atoms with Crippen LogP contribution in [0.25, 0.3) is 0 Å². The topological polar surface area (TPSA) is 0 Å². The SMILES string of the molecule is ClC(Cl)(Cl)C12CC(C1)C2. The molecule has 0 nitrogen and oxygen atoms in total. The van der Waals surface area contributed by atoms with Crippen LogP contribution in [-0.4, -0.2) is 3.79 Å². The molecule has 3 aliphatic rings.